The van der Waals surface area contributed by atoms with Gasteiger partial charge in [-0.15, -0.1) is 23.5 Å². The maximum atomic E-state index is 12.8. The van der Waals surface area contributed by atoms with E-state index in [1.807, 2.05) is 66.0 Å². The highest BCUT2D eigenvalue weighted by atomic mass is 32.2. The maximum Gasteiger partial charge on any atom is 0.322 e. The Hall–Kier alpha value is -1.63. The molecule has 0 aliphatic carbocycles. The summed E-state index contributed by atoms with van der Waals surface area (Å²) in [4.78, 5) is 14.6. The van der Waals surface area contributed by atoms with Crippen LogP contribution in [0.1, 0.15) is 15.7 Å². The number of anilines is 1. The molecule has 1 heterocycles. The Balaban J connectivity index is 1.67. The van der Waals surface area contributed by atoms with Crippen molar-refractivity contribution >= 4 is 35.2 Å². The van der Waals surface area contributed by atoms with Crippen molar-refractivity contribution in [2.24, 2.45) is 0 Å². The van der Waals surface area contributed by atoms with Crippen molar-refractivity contribution in [2.45, 2.75) is 11.1 Å². The lowest BCUT2D eigenvalue weighted by Gasteiger charge is -2.23. The molecule has 2 aromatic rings. The third-order valence-corrected chi connectivity index (χ3v) is 7.21. The molecule has 0 spiro atoms. The van der Waals surface area contributed by atoms with Crippen LogP contribution in [-0.2, 0) is 11.3 Å². The van der Waals surface area contributed by atoms with Gasteiger partial charge in [-0.2, -0.15) is 0 Å². The lowest BCUT2D eigenvalue weighted by atomic mass is 10.2. The van der Waals surface area contributed by atoms with Crippen molar-refractivity contribution in [3.8, 4) is 0 Å². The van der Waals surface area contributed by atoms with Crippen LogP contribution in [0.4, 0.5) is 10.5 Å². The molecule has 3 rings (SSSR count). The Kier molecular flexibility index (Phi) is 7.29. The first-order valence-electron chi connectivity index (χ1n) is 8.68. The third kappa shape index (κ3) is 5.43. The summed E-state index contributed by atoms with van der Waals surface area (Å²) in [6.45, 7) is 1.62. The molecule has 0 unspecified atom stereocenters. The molecule has 0 atom stereocenters. The number of methoxy groups -OCH3 is 1. The molecule has 0 aromatic heterocycles. The number of carbonyl (C=O) groups excluding carboxylic acids is 1. The fourth-order valence-corrected chi connectivity index (χ4v) is 5.61. The number of amides is 2. The highest BCUT2D eigenvalue weighted by Crippen LogP contribution is 2.45. The molecule has 1 aliphatic heterocycles. The van der Waals surface area contributed by atoms with Gasteiger partial charge >= 0.3 is 6.03 Å². The monoisotopic (exact) mass is 388 g/mol. The van der Waals surface area contributed by atoms with Gasteiger partial charge in [-0.1, -0.05) is 42.5 Å². The Labute approximate surface area is 163 Å². The number of urea groups is 1. The topological polar surface area (TPSA) is 41.6 Å². The van der Waals surface area contributed by atoms with Crippen molar-refractivity contribution in [1.29, 1.82) is 0 Å². The Morgan fingerprint density at radius 1 is 1.15 bits per heavy atom. The van der Waals surface area contributed by atoms with Gasteiger partial charge in [-0.05, 0) is 23.3 Å². The van der Waals surface area contributed by atoms with Gasteiger partial charge in [-0.25, -0.2) is 4.79 Å². The minimum Gasteiger partial charge on any atom is -0.383 e. The molecule has 0 radical (unpaired) electrons. The van der Waals surface area contributed by atoms with Crippen LogP contribution >= 0.6 is 23.5 Å². The van der Waals surface area contributed by atoms with Gasteiger partial charge in [0.05, 0.1) is 11.2 Å². The molecule has 0 bridgehead atoms. The first kappa shape index (κ1) is 19.1. The average Bonchev–Trinajstić information content (AvgIpc) is 3.21. The fraction of sp³-hybridized carbons (Fsp3) is 0.350. The standard InChI is InChI=1S/C20H24N2O2S2/c1-24-11-10-22(15-16-6-3-2-4-7-16)20(23)21-18-9-5-8-17(14-18)19-25-12-13-26-19/h2-9,14,19H,10-13,15H2,1H3,(H,21,23). The minimum atomic E-state index is -0.102. The molecular weight excluding hydrogens is 364 g/mol. The van der Waals surface area contributed by atoms with Crippen LogP contribution in [0.5, 0.6) is 0 Å². The van der Waals surface area contributed by atoms with E-state index in [1.165, 1.54) is 17.1 Å². The summed E-state index contributed by atoms with van der Waals surface area (Å²) >= 11 is 3.93. The summed E-state index contributed by atoms with van der Waals surface area (Å²) in [6, 6.07) is 18.1. The molecular formula is C20H24N2O2S2. The number of ether oxygens (including phenoxy) is 1. The highest BCUT2D eigenvalue weighted by Gasteiger charge is 2.19. The molecule has 1 fully saturated rings. The minimum absolute atomic E-state index is 0.102. The number of carbonyl (C=O) groups is 1. The van der Waals surface area contributed by atoms with Crippen molar-refractivity contribution in [2.75, 3.05) is 37.1 Å². The lowest BCUT2D eigenvalue weighted by molar-refractivity contribution is 0.153. The van der Waals surface area contributed by atoms with E-state index in [1.54, 1.807) is 12.0 Å². The molecule has 1 saturated heterocycles. The van der Waals surface area contributed by atoms with E-state index in [0.29, 0.717) is 24.3 Å². The van der Waals surface area contributed by atoms with E-state index in [-0.39, 0.29) is 6.03 Å². The molecule has 1 aliphatic rings. The van der Waals surface area contributed by atoms with Crippen molar-refractivity contribution in [3.63, 3.8) is 0 Å². The number of thioether (sulfide) groups is 2. The van der Waals surface area contributed by atoms with Gasteiger partial charge < -0.3 is 15.0 Å². The van der Waals surface area contributed by atoms with Crippen LogP contribution in [0.3, 0.4) is 0 Å². The highest BCUT2D eigenvalue weighted by molar-refractivity contribution is 8.19. The number of benzene rings is 2. The van der Waals surface area contributed by atoms with Gasteiger partial charge in [0, 0.05) is 37.4 Å². The number of hydrogen-bond donors (Lipinski definition) is 1. The molecule has 26 heavy (non-hydrogen) atoms. The molecule has 2 aromatic carbocycles. The van der Waals surface area contributed by atoms with Gasteiger partial charge in [0.2, 0.25) is 0 Å². The Bertz CT molecular complexity index is 706. The normalized spacial score (nSPS) is 14.3. The molecule has 1 N–H and O–H groups in total. The van der Waals surface area contributed by atoms with Crippen LogP contribution in [0, 0.1) is 0 Å². The number of nitrogens with one attached hydrogen (secondary N) is 1. The second-order valence-electron chi connectivity index (χ2n) is 6.03. The number of rotatable bonds is 7. The first-order chi connectivity index (χ1) is 12.8. The van der Waals surface area contributed by atoms with Gasteiger partial charge in [0.15, 0.2) is 0 Å². The van der Waals surface area contributed by atoms with Gasteiger partial charge in [-0.3, -0.25) is 0 Å². The molecule has 138 valence electrons. The molecule has 0 saturated carbocycles. The van der Waals surface area contributed by atoms with Crippen molar-refractivity contribution in [1.82, 2.24) is 4.90 Å². The Morgan fingerprint density at radius 2 is 1.92 bits per heavy atom. The summed E-state index contributed by atoms with van der Waals surface area (Å²) in [5.41, 5.74) is 3.21. The van der Waals surface area contributed by atoms with Crippen LogP contribution < -0.4 is 5.32 Å². The molecule has 2 amide bonds. The summed E-state index contributed by atoms with van der Waals surface area (Å²) in [5.74, 6) is 2.38. The number of nitrogens with zero attached hydrogens (tertiary/aromatic N) is 1. The van der Waals surface area contributed by atoms with Crippen LogP contribution in [-0.4, -0.2) is 42.7 Å². The van der Waals surface area contributed by atoms with E-state index in [0.717, 1.165) is 11.3 Å². The van der Waals surface area contributed by atoms with Crippen LogP contribution in [0.15, 0.2) is 54.6 Å². The van der Waals surface area contributed by atoms with Crippen molar-refractivity contribution < 1.29 is 9.53 Å². The molecule has 4 nitrogen and oxygen atoms in total. The first-order valence-corrected chi connectivity index (χ1v) is 10.8. The zero-order valence-corrected chi connectivity index (χ0v) is 16.5. The van der Waals surface area contributed by atoms with Crippen molar-refractivity contribution in [3.05, 3.63) is 65.7 Å². The van der Waals surface area contributed by atoms with E-state index < -0.39 is 0 Å². The third-order valence-electron chi connectivity index (χ3n) is 4.10. The zero-order chi connectivity index (χ0) is 18.2. The van der Waals surface area contributed by atoms with E-state index in [4.69, 9.17) is 4.74 Å². The van der Waals surface area contributed by atoms with E-state index in [2.05, 4.69) is 17.4 Å². The largest absolute Gasteiger partial charge is 0.383 e. The second-order valence-corrected chi connectivity index (χ2v) is 8.75. The van der Waals surface area contributed by atoms with Gasteiger partial charge in [0.1, 0.15) is 0 Å². The summed E-state index contributed by atoms with van der Waals surface area (Å²) < 4.78 is 5.64. The predicted molar refractivity (Wildman–Crippen MR) is 112 cm³/mol. The lowest BCUT2D eigenvalue weighted by Crippen LogP contribution is -2.36. The zero-order valence-electron chi connectivity index (χ0n) is 14.9. The fourth-order valence-electron chi connectivity index (χ4n) is 2.77. The van der Waals surface area contributed by atoms with Gasteiger partial charge in [0.25, 0.3) is 0 Å². The summed E-state index contributed by atoms with van der Waals surface area (Å²) in [7, 11) is 1.65. The second kappa shape index (κ2) is 9.90. The SMILES string of the molecule is COCCN(Cc1ccccc1)C(=O)Nc1cccc(C2SCCS2)c1. The maximum absolute atomic E-state index is 12.8. The smallest absolute Gasteiger partial charge is 0.322 e. The van der Waals surface area contributed by atoms with Crippen LogP contribution in [0.25, 0.3) is 0 Å². The quantitative estimate of drug-likeness (QED) is 0.736. The Morgan fingerprint density at radius 3 is 2.65 bits per heavy atom. The predicted octanol–water partition coefficient (Wildman–Crippen LogP) is 4.85. The number of hydrogen-bond acceptors (Lipinski definition) is 4. The summed E-state index contributed by atoms with van der Waals surface area (Å²) in [5, 5.41) is 3.05. The van der Waals surface area contributed by atoms with Crippen LogP contribution in [0.2, 0.25) is 0 Å². The van der Waals surface area contributed by atoms with E-state index >= 15 is 0 Å². The summed E-state index contributed by atoms with van der Waals surface area (Å²) in [6.07, 6.45) is 0. The molecule has 6 heteroatoms. The average molecular weight is 389 g/mol. The van der Waals surface area contributed by atoms with E-state index in [9.17, 15) is 4.79 Å².